The monoisotopic (exact) mass is 335 g/mol. The van der Waals surface area contributed by atoms with Crippen LogP contribution in [0.2, 0.25) is 0 Å². The molecule has 4 heteroatoms. The second-order valence-electron chi connectivity index (χ2n) is 4.59. The number of rotatable bonds is 5. The topological polar surface area (TPSA) is 44.5 Å². The largest absolute Gasteiger partial charge is 0.493 e. The van der Waals surface area contributed by atoms with Crippen LogP contribution >= 0.6 is 15.9 Å². The Hall–Kier alpha value is -1.52. The predicted octanol–water partition coefficient (Wildman–Crippen LogP) is 3.80. The number of benzene rings is 2. The molecule has 0 aliphatic rings. The van der Waals surface area contributed by atoms with Crippen LogP contribution in [-0.4, -0.2) is 7.11 Å². The molecule has 0 radical (unpaired) electrons. The zero-order valence-electron chi connectivity index (χ0n) is 11.7. The highest BCUT2D eigenvalue weighted by Crippen LogP contribution is 2.37. The highest BCUT2D eigenvalue weighted by molar-refractivity contribution is 9.10. The van der Waals surface area contributed by atoms with Crippen molar-refractivity contribution in [1.29, 1.82) is 0 Å². The van der Waals surface area contributed by atoms with Gasteiger partial charge in [0.1, 0.15) is 6.61 Å². The van der Waals surface area contributed by atoms with E-state index in [-0.39, 0.29) is 0 Å². The lowest BCUT2D eigenvalue weighted by Gasteiger charge is -2.14. The van der Waals surface area contributed by atoms with Crippen molar-refractivity contribution in [1.82, 2.24) is 0 Å². The van der Waals surface area contributed by atoms with E-state index in [2.05, 4.69) is 47.1 Å². The molecule has 2 N–H and O–H groups in total. The van der Waals surface area contributed by atoms with Crippen molar-refractivity contribution in [2.24, 2.45) is 5.73 Å². The Kier molecular flexibility index (Phi) is 5.04. The Morgan fingerprint density at radius 3 is 2.40 bits per heavy atom. The van der Waals surface area contributed by atoms with E-state index in [0.717, 1.165) is 15.6 Å². The molecule has 0 saturated carbocycles. The second-order valence-corrected chi connectivity index (χ2v) is 5.44. The zero-order valence-corrected chi connectivity index (χ0v) is 13.2. The molecule has 0 heterocycles. The molecule has 0 spiro atoms. The summed E-state index contributed by atoms with van der Waals surface area (Å²) in [5.41, 5.74) is 9.00. The van der Waals surface area contributed by atoms with Crippen molar-refractivity contribution in [3.8, 4) is 11.5 Å². The first kappa shape index (κ1) is 14.9. The van der Waals surface area contributed by atoms with Gasteiger partial charge in [0.25, 0.3) is 0 Å². The van der Waals surface area contributed by atoms with Crippen LogP contribution in [0.4, 0.5) is 0 Å². The smallest absolute Gasteiger partial charge is 0.175 e. The van der Waals surface area contributed by atoms with E-state index in [1.807, 2.05) is 12.1 Å². The summed E-state index contributed by atoms with van der Waals surface area (Å²) in [6, 6.07) is 12.1. The van der Waals surface area contributed by atoms with Crippen molar-refractivity contribution in [2.75, 3.05) is 7.11 Å². The highest BCUT2D eigenvalue weighted by atomic mass is 79.9. The van der Waals surface area contributed by atoms with Gasteiger partial charge in [0, 0.05) is 6.54 Å². The van der Waals surface area contributed by atoms with Crippen LogP contribution in [0.3, 0.4) is 0 Å². The minimum Gasteiger partial charge on any atom is -0.493 e. The summed E-state index contributed by atoms with van der Waals surface area (Å²) in [6.45, 7) is 3.03. The van der Waals surface area contributed by atoms with Crippen LogP contribution in [0.1, 0.15) is 16.7 Å². The van der Waals surface area contributed by atoms with E-state index in [0.29, 0.717) is 24.7 Å². The summed E-state index contributed by atoms with van der Waals surface area (Å²) >= 11 is 3.50. The molecule has 2 aromatic rings. The summed E-state index contributed by atoms with van der Waals surface area (Å²) in [4.78, 5) is 0. The summed E-state index contributed by atoms with van der Waals surface area (Å²) in [6.07, 6.45) is 0. The van der Waals surface area contributed by atoms with Gasteiger partial charge < -0.3 is 15.2 Å². The molecule has 3 nitrogen and oxygen atoms in total. The Labute approximate surface area is 127 Å². The molecule has 0 aliphatic carbocycles. The van der Waals surface area contributed by atoms with Crippen molar-refractivity contribution in [3.05, 3.63) is 57.6 Å². The number of nitrogens with two attached hydrogens (primary N) is 1. The van der Waals surface area contributed by atoms with Gasteiger partial charge >= 0.3 is 0 Å². The SMILES string of the molecule is COc1cc(CN)cc(Br)c1OCc1ccc(C)cc1. The number of ether oxygens (including phenoxy) is 2. The average Bonchev–Trinajstić information content (AvgIpc) is 2.47. The van der Waals surface area contributed by atoms with Gasteiger partial charge in [0.2, 0.25) is 0 Å². The Morgan fingerprint density at radius 2 is 1.80 bits per heavy atom. The van der Waals surface area contributed by atoms with E-state index in [4.69, 9.17) is 15.2 Å². The summed E-state index contributed by atoms with van der Waals surface area (Å²) in [7, 11) is 1.63. The third kappa shape index (κ3) is 3.52. The summed E-state index contributed by atoms with van der Waals surface area (Å²) in [5.74, 6) is 1.39. The van der Waals surface area contributed by atoms with E-state index >= 15 is 0 Å². The van der Waals surface area contributed by atoms with Gasteiger partial charge in [-0.2, -0.15) is 0 Å². The molecule has 2 rings (SSSR count). The van der Waals surface area contributed by atoms with E-state index < -0.39 is 0 Å². The molecule has 0 unspecified atom stereocenters. The molecule has 0 saturated heterocycles. The molecule has 0 atom stereocenters. The van der Waals surface area contributed by atoms with Gasteiger partial charge in [0.15, 0.2) is 11.5 Å². The number of methoxy groups -OCH3 is 1. The molecule has 106 valence electrons. The fourth-order valence-corrected chi connectivity index (χ4v) is 2.47. The Morgan fingerprint density at radius 1 is 1.10 bits per heavy atom. The van der Waals surface area contributed by atoms with E-state index in [1.54, 1.807) is 7.11 Å². The molecular formula is C16H18BrNO2. The van der Waals surface area contributed by atoms with Gasteiger partial charge in [-0.3, -0.25) is 0 Å². The lowest BCUT2D eigenvalue weighted by Crippen LogP contribution is -2.01. The number of halogens is 1. The number of hydrogen-bond donors (Lipinski definition) is 1. The van der Waals surface area contributed by atoms with Crippen LogP contribution in [0.15, 0.2) is 40.9 Å². The van der Waals surface area contributed by atoms with Gasteiger partial charge in [-0.15, -0.1) is 0 Å². The standard InChI is InChI=1S/C16H18BrNO2/c1-11-3-5-12(6-4-11)10-20-16-14(17)7-13(9-18)8-15(16)19-2/h3-8H,9-10,18H2,1-2H3. The second kappa shape index (κ2) is 6.77. The molecule has 0 bridgehead atoms. The quantitative estimate of drug-likeness (QED) is 0.903. The third-order valence-electron chi connectivity index (χ3n) is 3.03. The maximum absolute atomic E-state index is 5.87. The maximum atomic E-state index is 5.87. The van der Waals surface area contributed by atoms with E-state index in [1.165, 1.54) is 5.56 Å². The van der Waals surface area contributed by atoms with Crippen molar-refractivity contribution in [3.63, 3.8) is 0 Å². The first-order valence-electron chi connectivity index (χ1n) is 6.39. The molecule has 20 heavy (non-hydrogen) atoms. The van der Waals surface area contributed by atoms with Crippen LogP contribution in [-0.2, 0) is 13.2 Å². The lowest BCUT2D eigenvalue weighted by atomic mass is 10.1. The molecule has 2 aromatic carbocycles. The summed E-state index contributed by atoms with van der Waals surface area (Å²) in [5, 5.41) is 0. The van der Waals surface area contributed by atoms with Crippen LogP contribution in [0.25, 0.3) is 0 Å². The average molecular weight is 336 g/mol. The minimum atomic E-state index is 0.465. The predicted molar refractivity (Wildman–Crippen MR) is 84.1 cm³/mol. The van der Waals surface area contributed by atoms with Gasteiger partial charge in [-0.1, -0.05) is 29.8 Å². The van der Waals surface area contributed by atoms with Crippen molar-refractivity contribution >= 4 is 15.9 Å². The Balaban J connectivity index is 2.18. The Bertz CT molecular complexity index is 582. The van der Waals surface area contributed by atoms with Crippen LogP contribution in [0.5, 0.6) is 11.5 Å². The fourth-order valence-electron chi connectivity index (χ4n) is 1.87. The maximum Gasteiger partial charge on any atom is 0.175 e. The zero-order chi connectivity index (χ0) is 14.5. The first-order chi connectivity index (χ1) is 9.63. The summed E-state index contributed by atoms with van der Waals surface area (Å²) < 4.78 is 12.1. The van der Waals surface area contributed by atoms with Gasteiger partial charge in [-0.25, -0.2) is 0 Å². The molecule has 0 amide bonds. The lowest BCUT2D eigenvalue weighted by molar-refractivity contribution is 0.282. The molecule has 0 aromatic heterocycles. The number of aryl methyl sites for hydroxylation is 1. The van der Waals surface area contributed by atoms with Crippen molar-refractivity contribution in [2.45, 2.75) is 20.1 Å². The molecule has 0 fully saturated rings. The minimum absolute atomic E-state index is 0.465. The van der Waals surface area contributed by atoms with Crippen LogP contribution < -0.4 is 15.2 Å². The number of hydrogen-bond acceptors (Lipinski definition) is 3. The fraction of sp³-hybridized carbons (Fsp3) is 0.250. The van der Waals surface area contributed by atoms with Gasteiger partial charge in [0.05, 0.1) is 11.6 Å². The molecular weight excluding hydrogens is 318 g/mol. The van der Waals surface area contributed by atoms with Gasteiger partial charge in [-0.05, 0) is 46.1 Å². The third-order valence-corrected chi connectivity index (χ3v) is 3.62. The first-order valence-corrected chi connectivity index (χ1v) is 7.18. The highest BCUT2D eigenvalue weighted by Gasteiger charge is 2.11. The molecule has 0 aliphatic heterocycles. The van der Waals surface area contributed by atoms with E-state index in [9.17, 15) is 0 Å². The normalized spacial score (nSPS) is 10.4. The van der Waals surface area contributed by atoms with Crippen LogP contribution in [0, 0.1) is 6.92 Å². The van der Waals surface area contributed by atoms with Crippen molar-refractivity contribution < 1.29 is 9.47 Å².